The minimum Gasteiger partial charge on any atom is -0.448 e. The van der Waals surface area contributed by atoms with Gasteiger partial charge in [0, 0.05) is 43.6 Å². The molecule has 26 heavy (non-hydrogen) atoms. The highest BCUT2D eigenvalue weighted by Crippen LogP contribution is 2.47. The number of piperidine rings is 1. The van der Waals surface area contributed by atoms with E-state index < -0.39 is 15.8 Å². The van der Waals surface area contributed by atoms with Crippen molar-refractivity contribution in [3.63, 3.8) is 0 Å². The normalized spacial score (nSPS) is 22.7. The van der Waals surface area contributed by atoms with Crippen LogP contribution in [0.1, 0.15) is 38.5 Å². The maximum absolute atomic E-state index is 12.5. The van der Waals surface area contributed by atoms with Crippen molar-refractivity contribution in [1.29, 1.82) is 0 Å². The number of hydrogen-bond acceptors (Lipinski definition) is 5. The van der Waals surface area contributed by atoms with Crippen LogP contribution in [0.2, 0.25) is 0 Å². The van der Waals surface area contributed by atoms with E-state index in [-0.39, 0.29) is 11.8 Å². The fourth-order valence-electron chi connectivity index (χ4n) is 3.98. The number of sulfonamides is 1. The lowest BCUT2D eigenvalue weighted by molar-refractivity contribution is -0.120. The Kier molecular flexibility index (Phi) is 4.35. The number of nitrogens with zero attached hydrogens (tertiary/aromatic N) is 1. The zero-order valence-corrected chi connectivity index (χ0v) is 15.7. The van der Waals surface area contributed by atoms with Crippen molar-refractivity contribution in [2.75, 3.05) is 24.7 Å². The van der Waals surface area contributed by atoms with Gasteiger partial charge in [-0.05, 0) is 37.8 Å². The van der Waals surface area contributed by atoms with E-state index in [2.05, 4.69) is 5.32 Å². The van der Waals surface area contributed by atoms with E-state index in [1.54, 1.807) is 0 Å². The number of benzene rings is 1. The predicted molar refractivity (Wildman–Crippen MR) is 96.7 cm³/mol. The topological polar surface area (TPSA) is 84.9 Å². The summed E-state index contributed by atoms with van der Waals surface area (Å²) in [6.45, 7) is 0.779. The van der Waals surface area contributed by atoms with Gasteiger partial charge < -0.3 is 14.8 Å². The molecule has 0 bridgehead atoms. The van der Waals surface area contributed by atoms with Crippen molar-refractivity contribution < 1.29 is 22.7 Å². The summed E-state index contributed by atoms with van der Waals surface area (Å²) in [6.07, 6.45) is 6.26. The Morgan fingerprint density at radius 2 is 1.81 bits per heavy atom. The SMILES string of the molecule is CS(=O)(=O)N1CCC(C(=O)Nc2ccc3c(c2)OC2(CCCC2)O3)CC1. The maximum Gasteiger partial charge on any atom is 0.251 e. The standard InChI is InChI=1S/C18H24N2O5S/c1-26(22,23)20-10-6-13(7-11-20)17(21)19-14-4-5-15-16(12-14)25-18(24-15)8-2-3-9-18/h4-5,12-13H,2-3,6-11H2,1H3,(H,19,21). The molecular weight excluding hydrogens is 356 g/mol. The van der Waals surface area contributed by atoms with E-state index in [1.165, 1.54) is 10.6 Å². The van der Waals surface area contributed by atoms with Crippen molar-refractivity contribution in [3.05, 3.63) is 18.2 Å². The zero-order chi connectivity index (χ0) is 18.4. The summed E-state index contributed by atoms with van der Waals surface area (Å²) in [5, 5.41) is 2.93. The second-order valence-corrected chi connectivity index (χ2v) is 9.39. The van der Waals surface area contributed by atoms with Crippen LogP contribution in [-0.4, -0.2) is 43.8 Å². The molecule has 1 amide bonds. The van der Waals surface area contributed by atoms with Crippen molar-refractivity contribution >= 4 is 21.6 Å². The average molecular weight is 380 g/mol. The third kappa shape index (κ3) is 3.40. The number of nitrogens with one attached hydrogen (secondary N) is 1. The average Bonchev–Trinajstić information content (AvgIpc) is 3.20. The van der Waals surface area contributed by atoms with E-state index in [9.17, 15) is 13.2 Å². The molecule has 0 radical (unpaired) electrons. The molecule has 142 valence electrons. The summed E-state index contributed by atoms with van der Waals surface area (Å²) in [6, 6.07) is 5.47. The van der Waals surface area contributed by atoms with Crippen LogP contribution in [0.3, 0.4) is 0 Å². The molecule has 1 spiro atoms. The first-order valence-electron chi connectivity index (χ1n) is 9.13. The molecule has 0 aromatic heterocycles. The molecule has 1 saturated carbocycles. The Morgan fingerprint density at radius 1 is 1.15 bits per heavy atom. The predicted octanol–water partition coefficient (Wildman–Crippen LogP) is 2.34. The zero-order valence-electron chi connectivity index (χ0n) is 14.9. The minimum absolute atomic E-state index is 0.0763. The largest absolute Gasteiger partial charge is 0.448 e. The molecule has 3 aliphatic rings. The molecule has 4 rings (SSSR count). The van der Waals surface area contributed by atoms with Gasteiger partial charge in [0.2, 0.25) is 15.9 Å². The quantitative estimate of drug-likeness (QED) is 0.870. The lowest BCUT2D eigenvalue weighted by Gasteiger charge is -2.29. The van der Waals surface area contributed by atoms with E-state index in [1.807, 2.05) is 18.2 Å². The monoisotopic (exact) mass is 380 g/mol. The molecule has 0 atom stereocenters. The number of carbonyl (C=O) groups excluding carboxylic acids is 1. The first-order chi connectivity index (χ1) is 12.3. The number of anilines is 1. The third-order valence-electron chi connectivity index (χ3n) is 5.46. The van der Waals surface area contributed by atoms with Gasteiger partial charge in [-0.3, -0.25) is 4.79 Å². The van der Waals surface area contributed by atoms with Crippen LogP contribution in [-0.2, 0) is 14.8 Å². The van der Waals surface area contributed by atoms with Crippen LogP contribution >= 0.6 is 0 Å². The summed E-state index contributed by atoms with van der Waals surface area (Å²) in [5.41, 5.74) is 0.679. The van der Waals surface area contributed by atoms with Crippen LogP contribution in [0.4, 0.5) is 5.69 Å². The van der Waals surface area contributed by atoms with Crippen LogP contribution in [0.25, 0.3) is 0 Å². The van der Waals surface area contributed by atoms with E-state index in [0.29, 0.717) is 37.4 Å². The highest BCUT2D eigenvalue weighted by atomic mass is 32.2. The van der Waals surface area contributed by atoms with Crippen molar-refractivity contribution in [2.45, 2.75) is 44.3 Å². The molecule has 1 aliphatic carbocycles. The molecular formula is C18H24N2O5S. The Labute approximate surface area is 153 Å². The molecule has 1 N–H and O–H groups in total. The number of fused-ring (bicyclic) bond motifs is 1. The van der Waals surface area contributed by atoms with Crippen LogP contribution in [0, 0.1) is 5.92 Å². The van der Waals surface area contributed by atoms with Gasteiger partial charge >= 0.3 is 0 Å². The second kappa shape index (κ2) is 6.42. The van der Waals surface area contributed by atoms with Gasteiger partial charge in [-0.1, -0.05) is 0 Å². The Morgan fingerprint density at radius 3 is 2.46 bits per heavy atom. The molecule has 0 unspecified atom stereocenters. The fraction of sp³-hybridized carbons (Fsp3) is 0.611. The molecule has 8 heteroatoms. The number of amides is 1. The molecule has 1 saturated heterocycles. The lowest BCUT2D eigenvalue weighted by atomic mass is 9.97. The van der Waals surface area contributed by atoms with Crippen molar-refractivity contribution in [2.24, 2.45) is 5.92 Å². The van der Waals surface area contributed by atoms with E-state index in [0.717, 1.165) is 31.4 Å². The number of ether oxygens (including phenoxy) is 2. The van der Waals surface area contributed by atoms with E-state index >= 15 is 0 Å². The number of rotatable bonds is 3. The molecule has 1 aromatic carbocycles. The Hall–Kier alpha value is -1.80. The highest BCUT2D eigenvalue weighted by Gasteiger charge is 2.44. The Bertz CT molecular complexity index is 809. The van der Waals surface area contributed by atoms with E-state index in [4.69, 9.17) is 9.47 Å². The van der Waals surface area contributed by atoms with Gasteiger partial charge in [-0.25, -0.2) is 12.7 Å². The summed E-state index contributed by atoms with van der Waals surface area (Å²) in [5.74, 6) is 0.638. The Balaban J connectivity index is 1.38. The van der Waals surface area contributed by atoms with Gasteiger partial charge in [0.05, 0.1) is 6.26 Å². The fourth-order valence-corrected chi connectivity index (χ4v) is 4.86. The first-order valence-corrected chi connectivity index (χ1v) is 11.0. The minimum atomic E-state index is -3.18. The highest BCUT2D eigenvalue weighted by molar-refractivity contribution is 7.88. The van der Waals surface area contributed by atoms with Crippen LogP contribution in [0.15, 0.2) is 18.2 Å². The lowest BCUT2D eigenvalue weighted by Crippen LogP contribution is -2.40. The van der Waals surface area contributed by atoms with Crippen LogP contribution < -0.4 is 14.8 Å². The smallest absolute Gasteiger partial charge is 0.251 e. The molecule has 2 fully saturated rings. The number of hydrogen-bond donors (Lipinski definition) is 1. The molecule has 1 aromatic rings. The van der Waals surface area contributed by atoms with Crippen molar-refractivity contribution in [1.82, 2.24) is 4.31 Å². The third-order valence-corrected chi connectivity index (χ3v) is 6.77. The summed E-state index contributed by atoms with van der Waals surface area (Å²) < 4.78 is 36.6. The van der Waals surface area contributed by atoms with Gasteiger partial charge in [-0.15, -0.1) is 0 Å². The molecule has 2 heterocycles. The van der Waals surface area contributed by atoms with Gasteiger partial charge in [0.1, 0.15) is 0 Å². The summed E-state index contributed by atoms with van der Waals surface area (Å²) in [7, 11) is -3.18. The van der Waals surface area contributed by atoms with Crippen molar-refractivity contribution in [3.8, 4) is 11.5 Å². The van der Waals surface area contributed by atoms with Crippen LogP contribution in [0.5, 0.6) is 11.5 Å². The van der Waals surface area contributed by atoms with Gasteiger partial charge in [0.25, 0.3) is 5.79 Å². The van der Waals surface area contributed by atoms with Gasteiger partial charge in [-0.2, -0.15) is 0 Å². The van der Waals surface area contributed by atoms with Gasteiger partial charge in [0.15, 0.2) is 11.5 Å². The number of carbonyl (C=O) groups is 1. The molecule has 2 aliphatic heterocycles. The summed E-state index contributed by atoms with van der Waals surface area (Å²) in [4.78, 5) is 12.5. The molecule has 7 nitrogen and oxygen atoms in total. The first kappa shape index (κ1) is 17.6. The summed E-state index contributed by atoms with van der Waals surface area (Å²) >= 11 is 0. The second-order valence-electron chi connectivity index (χ2n) is 7.41. The maximum atomic E-state index is 12.5.